The summed E-state index contributed by atoms with van der Waals surface area (Å²) >= 11 is 0. The van der Waals surface area contributed by atoms with E-state index in [0.717, 1.165) is 17.7 Å². The lowest BCUT2D eigenvalue weighted by Crippen LogP contribution is -2.04. The van der Waals surface area contributed by atoms with Crippen LogP contribution >= 0.6 is 0 Å². The van der Waals surface area contributed by atoms with Gasteiger partial charge in [0.1, 0.15) is 5.56 Å². The van der Waals surface area contributed by atoms with Crippen molar-refractivity contribution in [1.82, 2.24) is 0 Å². The van der Waals surface area contributed by atoms with E-state index < -0.39 is 16.6 Å². The van der Waals surface area contributed by atoms with Crippen molar-refractivity contribution < 1.29 is 14.8 Å². The fourth-order valence-corrected chi connectivity index (χ4v) is 2.05. The molecule has 2 rings (SSSR count). The Morgan fingerprint density at radius 1 is 1.29 bits per heavy atom. The molecular formula is C15H14N2O4. The molecule has 0 bridgehead atoms. The maximum Gasteiger partial charge on any atom is 0.342 e. The van der Waals surface area contributed by atoms with Crippen molar-refractivity contribution in [2.45, 2.75) is 13.3 Å². The molecule has 0 saturated heterocycles. The standard InChI is InChI=1S/C15H14N2O4/c1-2-10-5-3-4-6-13(10)16-11-7-8-14(17(20)21)12(9-11)15(18)19/h3-9,16H,2H2,1H3,(H,18,19). The Balaban J connectivity index is 2.39. The monoisotopic (exact) mass is 286 g/mol. The molecular weight excluding hydrogens is 272 g/mol. The van der Waals surface area contributed by atoms with E-state index in [1.165, 1.54) is 18.2 Å². The minimum absolute atomic E-state index is 0.334. The zero-order valence-corrected chi connectivity index (χ0v) is 11.4. The molecule has 6 nitrogen and oxygen atoms in total. The van der Waals surface area contributed by atoms with Crippen LogP contribution in [-0.4, -0.2) is 16.0 Å². The van der Waals surface area contributed by atoms with Crippen LogP contribution in [0.5, 0.6) is 0 Å². The summed E-state index contributed by atoms with van der Waals surface area (Å²) in [5.74, 6) is -1.32. The van der Waals surface area contributed by atoms with Crippen LogP contribution in [0.3, 0.4) is 0 Å². The number of hydrogen-bond donors (Lipinski definition) is 2. The summed E-state index contributed by atoms with van der Waals surface area (Å²) in [7, 11) is 0. The second-order valence-corrected chi connectivity index (χ2v) is 4.43. The molecule has 0 fully saturated rings. The molecule has 2 aromatic rings. The summed E-state index contributed by atoms with van der Waals surface area (Å²) in [5.41, 5.74) is 1.67. The van der Waals surface area contributed by atoms with Crippen LogP contribution < -0.4 is 5.32 Å². The number of aryl methyl sites for hydroxylation is 1. The number of carbonyl (C=O) groups is 1. The first-order chi connectivity index (χ1) is 10.0. The highest BCUT2D eigenvalue weighted by molar-refractivity contribution is 5.93. The van der Waals surface area contributed by atoms with Crippen LogP contribution in [0, 0.1) is 10.1 Å². The number of hydrogen-bond acceptors (Lipinski definition) is 4. The Morgan fingerprint density at radius 2 is 2.00 bits per heavy atom. The maximum absolute atomic E-state index is 11.1. The zero-order valence-electron chi connectivity index (χ0n) is 11.4. The third kappa shape index (κ3) is 3.17. The van der Waals surface area contributed by atoms with Crippen LogP contribution in [0.2, 0.25) is 0 Å². The Morgan fingerprint density at radius 3 is 2.62 bits per heavy atom. The smallest absolute Gasteiger partial charge is 0.342 e. The van der Waals surface area contributed by atoms with E-state index in [1.54, 1.807) is 0 Å². The minimum Gasteiger partial charge on any atom is -0.477 e. The Bertz CT molecular complexity index is 698. The third-order valence-electron chi connectivity index (χ3n) is 3.10. The molecule has 0 unspecified atom stereocenters. The van der Waals surface area contributed by atoms with Gasteiger partial charge in [0.2, 0.25) is 0 Å². The van der Waals surface area contributed by atoms with Gasteiger partial charge in [0.25, 0.3) is 5.69 Å². The Hall–Kier alpha value is -2.89. The van der Waals surface area contributed by atoms with E-state index in [1.807, 2.05) is 31.2 Å². The summed E-state index contributed by atoms with van der Waals surface area (Å²) in [4.78, 5) is 21.2. The fourth-order valence-electron chi connectivity index (χ4n) is 2.05. The number of carboxylic acids is 1. The van der Waals surface area contributed by atoms with Gasteiger partial charge in [-0.1, -0.05) is 25.1 Å². The number of rotatable bonds is 5. The molecule has 0 aliphatic heterocycles. The van der Waals surface area contributed by atoms with Crippen molar-refractivity contribution in [2.75, 3.05) is 5.32 Å². The first-order valence-electron chi connectivity index (χ1n) is 6.39. The van der Waals surface area contributed by atoms with Crippen LogP contribution in [0.4, 0.5) is 17.1 Å². The Labute approximate surface area is 121 Å². The average molecular weight is 286 g/mol. The van der Waals surface area contributed by atoms with Gasteiger partial charge in [-0.3, -0.25) is 10.1 Å². The molecule has 0 aliphatic rings. The number of nitro groups is 1. The number of anilines is 2. The second kappa shape index (κ2) is 6.04. The molecule has 0 aromatic heterocycles. The van der Waals surface area contributed by atoms with Crippen molar-refractivity contribution >= 4 is 23.0 Å². The minimum atomic E-state index is -1.32. The quantitative estimate of drug-likeness (QED) is 0.647. The highest BCUT2D eigenvalue weighted by Gasteiger charge is 2.20. The zero-order chi connectivity index (χ0) is 15.4. The van der Waals surface area contributed by atoms with Gasteiger partial charge in [-0.2, -0.15) is 0 Å². The number of nitrogens with zero attached hydrogens (tertiary/aromatic N) is 1. The first-order valence-corrected chi connectivity index (χ1v) is 6.39. The van der Waals surface area contributed by atoms with Gasteiger partial charge in [-0.05, 0) is 30.2 Å². The van der Waals surface area contributed by atoms with Crippen molar-refractivity contribution in [2.24, 2.45) is 0 Å². The van der Waals surface area contributed by atoms with Gasteiger partial charge in [0.05, 0.1) is 4.92 Å². The number of aromatic carboxylic acids is 1. The number of benzene rings is 2. The van der Waals surface area contributed by atoms with E-state index >= 15 is 0 Å². The van der Waals surface area contributed by atoms with Gasteiger partial charge in [0.15, 0.2) is 0 Å². The van der Waals surface area contributed by atoms with Gasteiger partial charge < -0.3 is 10.4 Å². The van der Waals surface area contributed by atoms with Crippen molar-refractivity contribution in [3.63, 3.8) is 0 Å². The number of carboxylic acid groups (broad SMARTS) is 1. The number of para-hydroxylation sites is 1. The third-order valence-corrected chi connectivity index (χ3v) is 3.10. The van der Waals surface area contributed by atoms with Crippen molar-refractivity contribution in [3.8, 4) is 0 Å². The lowest BCUT2D eigenvalue weighted by Gasteiger charge is -2.11. The van der Waals surface area contributed by atoms with Crippen LogP contribution in [0.1, 0.15) is 22.8 Å². The predicted molar refractivity (Wildman–Crippen MR) is 79.2 cm³/mol. The highest BCUT2D eigenvalue weighted by Crippen LogP contribution is 2.26. The molecule has 0 aliphatic carbocycles. The van der Waals surface area contributed by atoms with Gasteiger partial charge in [-0.25, -0.2) is 4.79 Å². The topological polar surface area (TPSA) is 92.5 Å². The second-order valence-electron chi connectivity index (χ2n) is 4.43. The van der Waals surface area contributed by atoms with E-state index in [-0.39, 0.29) is 5.56 Å². The Kier molecular flexibility index (Phi) is 4.18. The predicted octanol–water partition coefficient (Wildman–Crippen LogP) is 3.60. The molecule has 2 N–H and O–H groups in total. The summed E-state index contributed by atoms with van der Waals surface area (Å²) in [6.45, 7) is 2.01. The van der Waals surface area contributed by atoms with E-state index in [9.17, 15) is 14.9 Å². The maximum atomic E-state index is 11.1. The van der Waals surface area contributed by atoms with Crippen LogP contribution in [-0.2, 0) is 6.42 Å². The molecule has 0 amide bonds. The van der Waals surface area contributed by atoms with Gasteiger partial charge in [-0.15, -0.1) is 0 Å². The number of nitrogens with one attached hydrogen (secondary N) is 1. The largest absolute Gasteiger partial charge is 0.477 e. The van der Waals surface area contributed by atoms with E-state index in [2.05, 4.69) is 5.32 Å². The molecule has 21 heavy (non-hydrogen) atoms. The lowest BCUT2D eigenvalue weighted by atomic mass is 10.1. The summed E-state index contributed by atoms with van der Waals surface area (Å²) in [6, 6.07) is 11.6. The molecule has 0 spiro atoms. The van der Waals surface area contributed by atoms with Gasteiger partial charge in [0, 0.05) is 17.4 Å². The molecule has 0 radical (unpaired) electrons. The lowest BCUT2D eigenvalue weighted by molar-refractivity contribution is -0.385. The van der Waals surface area contributed by atoms with E-state index in [0.29, 0.717) is 5.69 Å². The highest BCUT2D eigenvalue weighted by atomic mass is 16.6. The number of nitro benzene ring substituents is 1. The summed E-state index contributed by atoms with van der Waals surface area (Å²) in [5, 5.41) is 23.0. The molecule has 0 atom stereocenters. The summed E-state index contributed by atoms with van der Waals surface area (Å²) < 4.78 is 0. The SMILES string of the molecule is CCc1ccccc1Nc1ccc([N+](=O)[O-])c(C(=O)O)c1. The van der Waals surface area contributed by atoms with Gasteiger partial charge >= 0.3 is 5.97 Å². The van der Waals surface area contributed by atoms with Crippen LogP contribution in [0.25, 0.3) is 0 Å². The molecule has 2 aromatic carbocycles. The molecule has 0 saturated carbocycles. The normalized spacial score (nSPS) is 10.1. The molecule has 0 heterocycles. The average Bonchev–Trinajstić information content (AvgIpc) is 2.47. The summed E-state index contributed by atoms with van der Waals surface area (Å²) in [6.07, 6.45) is 0.821. The van der Waals surface area contributed by atoms with Crippen molar-refractivity contribution in [1.29, 1.82) is 0 Å². The first kappa shape index (κ1) is 14.5. The molecule has 108 valence electrons. The molecule has 6 heteroatoms. The van der Waals surface area contributed by atoms with Crippen molar-refractivity contribution in [3.05, 3.63) is 63.7 Å². The van der Waals surface area contributed by atoms with Crippen LogP contribution in [0.15, 0.2) is 42.5 Å². The van der Waals surface area contributed by atoms with E-state index in [4.69, 9.17) is 5.11 Å². The fraction of sp³-hybridized carbons (Fsp3) is 0.133.